The average molecular weight is 331 g/mol. The maximum atomic E-state index is 12.3. The Hall–Kier alpha value is -1.11. The van der Waals surface area contributed by atoms with E-state index in [4.69, 9.17) is 11.6 Å². The Morgan fingerprint density at radius 2 is 1.95 bits per heavy atom. The molecule has 0 radical (unpaired) electrons. The Labute approximate surface area is 130 Å². The Balaban J connectivity index is 2.12. The fraction of sp³-hybridized carbons (Fsp3) is 0.500. The van der Waals surface area contributed by atoms with Crippen molar-refractivity contribution in [2.24, 2.45) is 0 Å². The second-order valence-corrected chi connectivity index (χ2v) is 7.71. The van der Waals surface area contributed by atoms with Crippen LogP contribution in [-0.2, 0) is 14.6 Å². The summed E-state index contributed by atoms with van der Waals surface area (Å²) in [5.74, 6) is -0.864. The SMILES string of the molecule is CC1NCCN(C(=O)CS(=O)(=O)c2ccc(Cl)cc2)C1C. The van der Waals surface area contributed by atoms with Gasteiger partial charge in [-0.15, -0.1) is 0 Å². The quantitative estimate of drug-likeness (QED) is 0.907. The Morgan fingerprint density at radius 3 is 2.57 bits per heavy atom. The van der Waals surface area contributed by atoms with E-state index in [1.165, 1.54) is 24.3 Å². The molecule has 7 heteroatoms. The standard InChI is InChI=1S/C14H19ClN2O3S/c1-10-11(2)17(8-7-16-10)14(18)9-21(19,20)13-5-3-12(15)4-6-13/h3-6,10-11,16H,7-9H2,1-2H3. The fourth-order valence-corrected chi connectivity index (χ4v) is 3.71. The minimum atomic E-state index is -3.64. The molecule has 1 aliphatic rings. The molecule has 5 nitrogen and oxygen atoms in total. The minimum Gasteiger partial charge on any atom is -0.336 e. The first-order valence-corrected chi connectivity index (χ1v) is 8.85. The van der Waals surface area contributed by atoms with Gasteiger partial charge in [-0.1, -0.05) is 11.6 Å². The molecular weight excluding hydrogens is 312 g/mol. The Bertz CT molecular complexity index is 616. The third kappa shape index (κ3) is 3.75. The third-order valence-electron chi connectivity index (χ3n) is 3.84. The van der Waals surface area contributed by atoms with Gasteiger partial charge in [0.05, 0.1) is 4.90 Å². The van der Waals surface area contributed by atoms with E-state index in [-0.39, 0.29) is 22.9 Å². The van der Waals surface area contributed by atoms with Gasteiger partial charge in [0, 0.05) is 30.2 Å². The van der Waals surface area contributed by atoms with E-state index in [1.807, 2.05) is 13.8 Å². The van der Waals surface area contributed by atoms with E-state index < -0.39 is 15.6 Å². The van der Waals surface area contributed by atoms with Gasteiger partial charge in [0.25, 0.3) is 0 Å². The first-order valence-electron chi connectivity index (χ1n) is 6.82. The van der Waals surface area contributed by atoms with Crippen LogP contribution in [0.2, 0.25) is 5.02 Å². The minimum absolute atomic E-state index is 0.0216. The molecule has 1 amide bonds. The van der Waals surface area contributed by atoms with Crippen LogP contribution in [0.5, 0.6) is 0 Å². The summed E-state index contributed by atoms with van der Waals surface area (Å²) >= 11 is 5.75. The van der Waals surface area contributed by atoms with Crippen LogP contribution in [0.4, 0.5) is 0 Å². The molecular formula is C14H19ClN2O3S. The van der Waals surface area contributed by atoms with Gasteiger partial charge in [0.1, 0.15) is 5.75 Å². The summed E-state index contributed by atoms with van der Waals surface area (Å²) in [7, 11) is -3.64. The highest BCUT2D eigenvalue weighted by atomic mass is 35.5. The number of carbonyl (C=O) groups excluding carboxylic acids is 1. The zero-order valence-electron chi connectivity index (χ0n) is 12.0. The number of rotatable bonds is 3. The van der Waals surface area contributed by atoms with Crippen molar-refractivity contribution in [1.29, 1.82) is 0 Å². The summed E-state index contributed by atoms with van der Waals surface area (Å²) in [5, 5.41) is 3.72. The van der Waals surface area contributed by atoms with E-state index in [1.54, 1.807) is 4.90 Å². The first kappa shape index (κ1) is 16.3. The molecule has 1 N–H and O–H groups in total. The van der Waals surface area contributed by atoms with Crippen LogP contribution in [0, 0.1) is 0 Å². The van der Waals surface area contributed by atoms with E-state index in [2.05, 4.69) is 5.32 Å². The number of benzene rings is 1. The van der Waals surface area contributed by atoms with E-state index in [0.717, 1.165) is 0 Å². The summed E-state index contributed by atoms with van der Waals surface area (Å²) in [5.41, 5.74) is 0. The molecule has 2 unspecified atom stereocenters. The molecule has 1 fully saturated rings. The van der Waals surface area contributed by atoms with Crippen LogP contribution >= 0.6 is 11.6 Å². The van der Waals surface area contributed by atoms with E-state index in [9.17, 15) is 13.2 Å². The first-order chi connectivity index (χ1) is 9.81. The highest BCUT2D eigenvalue weighted by Gasteiger charge is 2.31. The topological polar surface area (TPSA) is 66.5 Å². The Kier molecular flexibility index (Phi) is 4.91. The van der Waals surface area contributed by atoms with E-state index >= 15 is 0 Å². The normalized spacial score (nSPS) is 23.1. The van der Waals surface area contributed by atoms with Crippen LogP contribution in [0.15, 0.2) is 29.2 Å². The highest BCUT2D eigenvalue weighted by molar-refractivity contribution is 7.92. The summed E-state index contributed by atoms with van der Waals surface area (Å²) in [6.07, 6.45) is 0. The van der Waals surface area contributed by atoms with Crippen molar-refractivity contribution in [2.75, 3.05) is 18.8 Å². The van der Waals surface area contributed by atoms with Gasteiger partial charge in [0.15, 0.2) is 9.84 Å². The van der Waals surface area contributed by atoms with Crippen molar-refractivity contribution in [1.82, 2.24) is 10.2 Å². The number of amides is 1. The van der Waals surface area contributed by atoms with Crippen molar-refractivity contribution in [3.8, 4) is 0 Å². The summed E-state index contributed by atoms with van der Waals surface area (Å²) < 4.78 is 24.6. The number of sulfone groups is 1. The molecule has 116 valence electrons. The molecule has 21 heavy (non-hydrogen) atoms. The maximum absolute atomic E-state index is 12.3. The van der Waals surface area contributed by atoms with Crippen LogP contribution in [0.25, 0.3) is 0 Å². The molecule has 1 saturated heterocycles. The average Bonchev–Trinajstić information content (AvgIpc) is 2.41. The number of piperazine rings is 1. The van der Waals surface area contributed by atoms with Gasteiger partial charge >= 0.3 is 0 Å². The van der Waals surface area contributed by atoms with Crippen molar-refractivity contribution >= 4 is 27.3 Å². The zero-order valence-corrected chi connectivity index (χ0v) is 13.6. The lowest BCUT2D eigenvalue weighted by Gasteiger charge is -2.38. The molecule has 0 aliphatic carbocycles. The third-order valence-corrected chi connectivity index (χ3v) is 5.71. The van der Waals surface area contributed by atoms with Gasteiger partial charge in [-0.2, -0.15) is 0 Å². The van der Waals surface area contributed by atoms with Gasteiger partial charge in [-0.3, -0.25) is 4.79 Å². The molecule has 0 saturated carbocycles. The van der Waals surface area contributed by atoms with Gasteiger partial charge in [0.2, 0.25) is 5.91 Å². The lowest BCUT2D eigenvalue weighted by molar-refractivity contribution is -0.132. The smallest absolute Gasteiger partial charge is 0.238 e. The second kappa shape index (κ2) is 6.34. The number of nitrogens with one attached hydrogen (secondary N) is 1. The second-order valence-electron chi connectivity index (χ2n) is 5.28. The van der Waals surface area contributed by atoms with E-state index in [0.29, 0.717) is 18.1 Å². The molecule has 1 aromatic carbocycles. The van der Waals surface area contributed by atoms with Gasteiger partial charge < -0.3 is 10.2 Å². The summed E-state index contributed by atoms with van der Waals surface area (Å²) in [6.45, 7) is 5.11. The number of hydrogen-bond acceptors (Lipinski definition) is 4. The van der Waals surface area contributed by atoms with Crippen LogP contribution in [0.3, 0.4) is 0 Å². The fourth-order valence-electron chi connectivity index (χ4n) is 2.38. The Morgan fingerprint density at radius 1 is 1.33 bits per heavy atom. The highest BCUT2D eigenvalue weighted by Crippen LogP contribution is 2.17. The van der Waals surface area contributed by atoms with Crippen LogP contribution in [-0.4, -0.2) is 50.2 Å². The van der Waals surface area contributed by atoms with Crippen LogP contribution < -0.4 is 5.32 Å². The molecule has 1 aliphatic heterocycles. The van der Waals surface area contributed by atoms with Crippen molar-refractivity contribution in [3.63, 3.8) is 0 Å². The molecule has 2 atom stereocenters. The summed E-state index contributed by atoms with van der Waals surface area (Å²) in [6, 6.07) is 6.00. The number of halogens is 1. The van der Waals surface area contributed by atoms with Crippen molar-refractivity contribution in [2.45, 2.75) is 30.8 Å². The van der Waals surface area contributed by atoms with Gasteiger partial charge in [-0.05, 0) is 38.1 Å². The number of carbonyl (C=O) groups is 1. The zero-order chi connectivity index (χ0) is 15.6. The van der Waals surface area contributed by atoms with Crippen molar-refractivity contribution in [3.05, 3.63) is 29.3 Å². The largest absolute Gasteiger partial charge is 0.336 e. The molecule has 1 heterocycles. The molecule has 1 aromatic rings. The predicted octanol–water partition coefficient (Wildman–Crippen LogP) is 1.32. The van der Waals surface area contributed by atoms with Crippen LogP contribution in [0.1, 0.15) is 13.8 Å². The lowest BCUT2D eigenvalue weighted by atomic mass is 10.1. The molecule has 0 aromatic heterocycles. The maximum Gasteiger partial charge on any atom is 0.238 e. The van der Waals surface area contributed by atoms with Gasteiger partial charge in [-0.25, -0.2) is 8.42 Å². The lowest BCUT2D eigenvalue weighted by Crippen LogP contribution is -2.58. The number of hydrogen-bond donors (Lipinski definition) is 1. The molecule has 2 rings (SSSR count). The predicted molar refractivity (Wildman–Crippen MR) is 82.1 cm³/mol. The molecule has 0 spiro atoms. The number of nitrogens with zero attached hydrogens (tertiary/aromatic N) is 1. The summed E-state index contributed by atoms with van der Waals surface area (Å²) in [4.78, 5) is 14.1. The monoisotopic (exact) mass is 330 g/mol. The van der Waals surface area contributed by atoms with Crippen molar-refractivity contribution < 1.29 is 13.2 Å². The molecule has 0 bridgehead atoms.